The van der Waals surface area contributed by atoms with Crippen LogP contribution in [0, 0.1) is 17.7 Å². The molecule has 1 aliphatic rings. The summed E-state index contributed by atoms with van der Waals surface area (Å²) >= 11 is 0. The Morgan fingerprint density at radius 3 is 2.46 bits per heavy atom. The largest absolute Gasteiger partial charge is 0.494 e. The van der Waals surface area contributed by atoms with E-state index in [4.69, 9.17) is 4.74 Å². The molecule has 0 radical (unpaired) electrons. The van der Waals surface area contributed by atoms with Gasteiger partial charge in [-0.05, 0) is 74.4 Å². The van der Waals surface area contributed by atoms with Crippen molar-refractivity contribution < 1.29 is 9.13 Å². The molecule has 0 aliphatic heterocycles. The average Bonchev–Trinajstić information content (AvgIpc) is 3.02. The highest BCUT2D eigenvalue weighted by atomic mass is 19.1. The lowest BCUT2D eigenvalue weighted by Crippen LogP contribution is -2.23. The van der Waals surface area contributed by atoms with Crippen LogP contribution >= 0.6 is 0 Å². The van der Waals surface area contributed by atoms with Crippen LogP contribution in [-0.2, 0) is 0 Å². The van der Waals surface area contributed by atoms with E-state index in [9.17, 15) is 4.39 Å². The van der Waals surface area contributed by atoms with Gasteiger partial charge in [-0.15, -0.1) is 0 Å². The quantitative estimate of drug-likeness (QED) is 0.562. The first-order chi connectivity index (χ1) is 13.5. The third kappa shape index (κ3) is 3.71. The van der Waals surface area contributed by atoms with Gasteiger partial charge in [0, 0.05) is 11.7 Å². The third-order valence-corrected chi connectivity index (χ3v) is 5.61. The second-order valence-corrected chi connectivity index (χ2v) is 8.07. The second kappa shape index (κ2) is 7.82. The van der Waals surface area contributed by atoms with Gasteiger partial charge in [-0.25, -0.2) is 9.37 Å². The maximum Gasteiger partial charge on any atom is 0.208 e. The Hall–Kier alpha value is -2.56. The summed E-state index contributed by atoms with van der Waals surface area (Å²) in [6, 6.07) is 13.3. The summed E-state index contributed by atoms with van der Waals surface area (Å²) in [5.74, 6) is 2.57. The molecule has 1 aliphatic carbocycles. The Morgan fingerprint density at radius 2 is 1.79 bits per heavy atom. The van der Waals surface area contributed by atoms with Crippen LogP contribution in [0.4, 0.5) is 16.0 Å². The second-order valence-electron chi connectivity index (χ2n) is 8.07. The van der Waals surface area contributed by atoms with Crippen molar-refractivity contribution in [2.75, 3.05) is 11.9 Å². The standard InChI is InChI=1S/C23H28FN3O/c1-4-28-19-10-8-17(9-11-19)25-23-26-22-20(24)6-5-7-21(22)27(23)18-13-15(2)12-16(3)14-18/h5-11,15-16,18H,4,12-14H2,1-3H3,(H,25,26). The van der Waals surface area contributed by atoms with Gasteiger partial charge in [0.15, 0.2) is 5.82 Å². The summed E-state index contributed by atoms with van der Waals surface area (Å²) in [6.45, 7) is 7.22. The fourth-order valence-corrected chi connectivity index (χ4v) is 4.59. The predicted molar refractivity (Wildman–Crippen MR) is 112 cm³/mol. The molecule has 5 heteroatoms. The lowest BCUT2D eigenvalue weighted by atomic mass is 9.80. The Labute approximate surface area is 165 Å². The maximum absolute atomic E-state index is 14.5. The zero-order valence-electron chi connectivity index (χ0n) is 16.8. The normalized spacial score (nSPS) is 22.4. The monoisotopic (exact) mass is 381 g/mol. The smallest absolute Gasteiger partial charge is 0.208 e. The molecule has 2 unspecified atom stereocenters. The SMILES string of the molecule is CCOc1ccc(Nc2nc3c(F)cccc3n2C2CC(C)CC(C)C2)cc1. The van der Waals surface area contributed by atoms with Gasteiger partial charge in [0.1, 0.15) is 11.3 Å². The van der Waals surface area contributed by atoms with Crippen LogP contribution in [0.3, 0.4) is 0 Å². The van der Waals surface area contributed by atoms with Crippen molar-refractivity contribution in [1.82, 2.24) is 9.55 Å². The fraction of sp³-hybridized carbons (Fsp3) is 0.435. The first-order valence-corrected chi connectivity index (χ1v) is 10.2. The molecule has 4 nitrogen and oxygen atoms in total. The van der Waals surface area contributed by atoms with E-state index in [1.165, 1.54) is 12.5 Å². The fourth-order valence-electron chi connectivity index (χ4n) is 4.59. The van der Waals surface area contributed by atoms with E-state index in [2.05, 4.69) is 28.7 Å². The Kier molecular flexibility index (Phi) is 5.25. The van der Waals surface area contributed by atoms with Gasteiger partial charge in [-0.2, -0.15) is 0 Å². The zero-order chi connectivity index (χ0) is 19.7. The molecule has 1 heterocycles. The van der Waals surface area contributed by atoms with E-state index in [1.54, 1.807) is 6.07 Å². The summed E-state index contributed by atoms with van der Waals surface area (Å²) in [4.78, 5) is 4.64. The van der Waals surface area contributed by atoms with Gasteiger partial charge in [0.2, 0.25) is 5.95 Å². The van der Waals surface area contributed by atoms with Gasteiger partial charge in [0.05, 0.1) is 12.1 Å². The number of nitrogens with one attached hydrogen (secondary N) is 1. The zero-order valence-corrected chi connectivity index (χ0v) is 16.8. The van der Waals surface area contributed by atoms with Gasteiger partial charge in [-0.3, -0.25) is 0 Å². The topological polar surface area (TPSA) is 39.1 Å². The molecule has 0 bridgehead atoms. The molecular weight excluding hydrogens is 353 g/mol. The van der Waals surface area contributed by atoms with Crippen LogP contribution in [0.15, 0.2) is 42.5 Å². The first-order valence-electron chi connectivity index (χ1n) is 10.2. The van der Waals surface area contributed by atoms with Crippen molar-refractivity contribution in [2.45, 2.75) is 46.1 Å². The number of nitrogens with zero attached hydrogens (tertiary/aromatic N) is 2. The number of hydrogen-bond acceptors (Lipinski definition) is 3. The summed E-state index contributed by atoms with van der Waals surface area (Å²) in [5, 5.41) is 3.42. The molecule has 148 valence electrons. The number of aromatic nitrogens is 2. The lowest BCUT2D eigenvalue weighted by molar-refractivity contribution is 0.226. The van der Waals surface area contributed by atoms with Gasteiger partial charge >= 0.3 is 0 Å². The summed E-state index contributed by atoms with van der Waals surface area (Å²) < 4.78 is 22.2. The Morgan fingerprint density at radius 1 is 1.07 bits per heavy atom. The minimum atomic E-state index is -0.275. The molecule has 1 aromatic heterocycles. The molecule has 3 aromatic rings. The highest BCUT2D eigenvalue weighted by molar-refractivity contribution is 5.80. The molecule has 1 fully saturated rings. The van der Waals surface area contributed by atoms with Crippen LogP contribution in [-0.4, -0.2) is 16.2 Å². The molecule has 1 saturated carbocycles. The van der Waals surface area contributed by atoms with E-state index < -0.39 is 0 Å². The predicted octanol–water partition coefficient (Wildman–Crippen LogP) is 6.31. The molecular formula is C23H28FN3O. The number of halogens is 1. The van der Waals surface area contributed by atoms with Crippen molar-refractivity contribution in [3.05, 3.63) is 48.3 Å². The van der Waals surface area contributed by atoms with Crippen LogP contribution < -0.4 is 10.1 Å². The third-order valence-electron chi connectivity index (χ3n) is 5.61. The number of para-hydroxylation sites is 1. The van der Waals surface area contributed by atoms with E-state index >= 15 is 0 Å². The van der Waals surface area contributed by atoms with Crippen LogP contribution in [0.5, 0.6) is 5.75 Å². The van der Waals surface area contributed by atoms with E-state index in [0.29, 0.717) is 35.9 Å². The average molecular weight is 381 g/mol. The number of ether oxygens (including phenoxy) is 1. The number of anilines is 2. The minimum absolute atomic E-state index is 0.275. The summed E-state index contributed by atoms with van der Waals surface area (Å²) in [7, 11) is 0. The summed E-state index contributed by atoms with van der Waals surface area (Å²) in [5.41, 5.74) is 2.21. The Balaban J connectivity index is 1.73. The summed E-state index contributed by atoms with van der Waals surface area (Å²) in [6.07, 6.45) is 3.42. The lowest BCUT2D eigenvalue weighted by Gasteiger charge is -2.33. The van der Waals surface area contributed by atoms with E-state index in [-0.39, 0.29) is 5.82 Å². The number of rotatable bonds is 5. The van der Waals surface area contributed by atoms with Crippen LogP contribution in [0.2, 0.25) is 0 Å². The maximum atomic E-state index is 14.5. The molecule has 2 atom stereocenters. The van der Waals surface area contributed by atoms with Gasteiger partial charge in [-0.1, -0.05) is 19.9 Å². The molecule has 28 heavy (non-hydrogen) atoms. The van der Waals surface area contributed by atoms with Crippen molar-refractivity contribution in [3.8, 4) is 5.75 Å². The molecule has 0 amide bonds. The van der Waals surface area contributed by atoms with Crippen LogP contribution in [0.25, 0.3) is 11.0 Å². The molecule has 0 spiro atoms. The molecule has 2 aromatic carbocycles. The number of fused-ring (bicyclic) bond motifs is 1. The minimum Gasteiger partial charge on any atom is -0.494 e. The van der Waals surface area contributed by atoms with Crippen molar-refractivity contribution in [3.63, 3.8) is 0 Å². The molecule has 1 N–H and O–H groups in total. The van der Waals surface area contributed by atoms with Gasteiger partial charge < -0.3 is 14.6 Å². The number of imidazole rings is 1. The molecule has 4 rings (SSSR count). The highest BCUT2D eigenvalue weighted by Gasteiger charge is 2.28. The number of hydrogen-bond donors (Lipinski definition) is 1. The van der Waals surface area contributed by atoms with Crippen molar-refractivity contribution in [2.24, 2.45) is 11.8 Å². The highest BCUT2D eigenvalue weighted by Crippen LogP contribution is 2.40. The van der Waals surface area contributed by atoms with E-state index in [0.717, 1.165) is 29.8 Å². The molecule has 0 saturated heterocycles. The Bertz CT molecular complexity index is 940. The van der Waals surface area contributed by atoms with Crippen LogP contribution in [0.1, 0.15) is 46.1 Å². The number of benzene rings is 2. The van der Waals surface area contributed by atoms with E-state index in [1.807, 2.05) is 37.3 Å². The first kappa shape index (κ1) is 18.8. The van der Waals surface area contributed by atoms with Gasteiger partial charge in [0.25, 0.3) is 0 Å². The van der Waals surface area contributed by atoms with Crippen molar-refractivity contribution in [1.29, 1.82) is 0 Å². The van der Waals surface area contributed by atoms with Crippen molar-refractivity contribution >= 4 is 22.7 Å².